The predicted molar refractivity (Wildman–Crippen MR) is 111 cm³/mol. The van der Waals surface area contributed by atoms with Crippen LogP contribution in [-0.4, -0.2) is 29.9 Å². The number of aryl methyl sites for hydroxylation is 1. The summed E-state index contributed by atoms with van der Waals surface area (Å²) in [5, 5.41) is 8.14. The summed E-state index contributed by atoms with van der Waals surface area (Å²) in [6.45, 7) is -0.995. The van der Waals surface area contributed by atoms with E-state index in [1.807, 2.05) is 55.5 Å². The van der Waals surface area contributed by atoms with Crippen molar-refractivity contribution in [2.75, 3.05) is 19.5 Å². The maximum Gasteiger partial charge on any atom is 0.256 e. The molecule has 0 aliphatic rings. The van der Waals surface area contributed by atoms with E-state index < -0.39 is 6.49 Å². The molecule has 1 amide bonds. The minimum atomic E-state index is -2.82. The topological polar surface area (TPSA) is 65.4 Å². The molecule has 0 atom stereocenters. The maximum atomic E-state index is 12.8. The predicted octanol–water partition coefficient (Wildman–Crippen LogP) is 3.66. The highest BCUT2D eigenvalue weighted by Crippen LogP contribution is 2.49. The second kappa shape index (κ2) is 8.15. The lowest BCUT2D eigenvalue weighted by Crippen LogP contribution is -2.21. The third-order valence-electron chi connectivity index (χ3n) is 4.05. The van der Waals surface area contributed by atoms with Gasteiger partial charge in [0.05, 0.1) is 11.4 Å². The molecule has 27 heavy (non-hydrogen) atoms. The number of benzene rings is 2. The van der Waals surface area contributed by atoms with Crippen molar-refractivity contribution < 1.29 is 13.8 Å². The van der Waals surface area contributed by atoms with Gasteiger partial charge in [-0.2, -0.15) is 5.10 Å². The van der Waals surface area contributed by atoms with Crippen LogP contribution in [0.5, 0.6) is 0 Å². The van der Waals surface area contributed by atoms with Gasteiger partial charge in [0.1, 0.15) is 11.1 Å². The Morgan fingerprint density at radius 1 is 1.04 bits per heavy atom. The average molecular weight is 401 g/mol. The Morgan fingerprint density at radius 3 is 2.15 bits per heavy atom. The summed E-state index contributed by atoms with van der Waals surface area (Å²) in [6.07, 6.45) is 0. The lowest BCUT2D eigenvalue weighted by molar-refractivity contribution is 0.102. The Labute approximate surface area is 163 Å². The molecule has 6 nitrogen and oxygen atoms in total. The van der Waals surface area contributed by atoms with Crippen molar-refractivity contribution in [3.8, 4) is 5.69 Å². The van der Waals surface area contributed by atoms with Crippen LogP contribution in [0.25, 0.3) is 5.69 Å². The Hall–Kier alpha value is -2.31. The van der Waals surface area contributed by atoms with E-state index in [1.54, 1.807) is 16.8 Å². The van der Waals surface area contributed by atoms with Crippen molar-refractivity contribution in [2.45, 2.75) is 6.92 Å². The highest BCUT2D eigenvalue weighted by Gasteiger charge is 2.31. The fourth-order valence-corrected chi connectivity index (χ4v) is 4.76. The number of aromatic nitrogens is 2. The zero-order valence-corrected chi connectivity index (χ0v) is 17.0. The van der Waals surface area contributed by atoms with E-state index in [2.05, 4.69) is 10.4 Å². The first kappa shape index (κ1) is 19.5. The fraction of sp³-hybridized carbons (Fsp3) is 0.158. The van der Waals surface area contributed by atoms with E-state index in [1.165, 1.54) is 14.2 Å². The molecular formula is C19H20N3O3PS. The second-order valence-corrected chi connectivity index (χ2v) is 9.33. The lowest BCUT2D eigenvalue weighted by Gasteiger charge is -2.20. The maximum absolute atomic E-state index is 12.8. The molecule has 0 aliphatic heterocycles. The Balaban J connectivity index is 2.16. The highest BCUT2D eigenvalue weighted by atomic mass is 32.5. The number of carbonyl (C=O) groups excluding carboxylic acids is 1. The van der Waals surface area contributed by atoms with Gasteiger partial charge in [-0.1, -0.05) is 36.4 Å². The van der Waals surface area contributed by atoms with Crippen LogP contribution in [0.3, 0.4) is 0 Å². The molecule has 140 valence electrons. The highest BCUT2D eigenvalue weighted by molar-refractivity contribution is 8.13. The van der Waals surface area contributed by atoms with E-state index in [9.17, 15) is 4.79 Å². The molecule has 0 saturated carbocycles. The Morgan fingerprint density at radius 2 is 1.59 bits per heavy atom. The van der Waals surface area contributed by atoms with Crippen LogP contribution in [0.15, 0.2) is 60.7 Å². The summed E-state index contributed by atoms with van der Waals surface area (Å²) in [5.74, 6) is 0.197. The van der Waals surface area contributed by atoms with Crippen LogP contribution >= 0.6 is 6.49 Å². The van der Waals surface area contributed by atoms with E-state index in [-0.39, 0.29) is 5.91 Å². The summed E-state index contributed by atoms with van der Waals surface area (Å²) >= 11 is 5.64. The van der Waals surface area contributed by atoms with Crippen LogP contribution in [-0.2, 0) is 20.9 Å². The van der Waals surface area contributed by atoms with E-state index in [0.29, 0.717) is 22.4 Å². The number of hydrogen-bond donors (Lipinski definition) is 1. The fourth-order valence-electron chi connectivity index (χ4n) is 2.74. The third-order valence-corrected chi connectivity index (χ3v) is 7.54. The Bertz CT molecular complexity index is 982. The van der Waals surface area contributed by atoms with Gasteiger partial charge in [0.15, 0.2) is 0 Å². The zero-order chi connectivity index (χ0) is 19.4. The summed E-state index contributed by atoms with van der Waals surface area (Å²) in [6, 6.07) is 18.5. The number of nitrogens with one attached hydrogen (secondary N) is 1. The van der Waals surface area contributed by atoms with Crippen molar-refractivity contribution in [3.63, 3.8) is 0 Å². The van der Waals surface area contributed by atoms with E-state index in [0.717, 1.165) is 5.69 Å². The van der Waals surface area contributed by atoms with Crippen LogP contribution in [0.4, 0.5) is 5.82 Å². The second-order valence-electron chi connectivity index (χ2n) is 5.71. The molecule has 0 aliphatic carbocycles. The number of para-hydroxylation sites is 1. The number of amides is 1. The molecule has 0 bridgehead atoms. The normalized spacial score (nSPS) is 11.4. The van der Waals surface area contributed by atoms with Gasteiger partial charge in [-0.25, -0.2) is 4.68 Å². The molecule has 3 rings (SSSR count). The first-order chi connectivity index (χ1) is 13.0. The van der Waals surface area contributed by atoms with Gasteiger partial charge >= 0.3 is 0 Å². The molecule has 8 heteroatoms. The number of nitrogens with zero attached hydrogens (tertiary/aromatic N) is 2. The number of rotatable bonds is 6. The van der Waals surface area contributed by atoms with Gasteiger partial charge in [-0.15, -0.1) is 0 Å². The van der Waals surface area contributed by atoms with Crippen LogP contribution < -0.4 is 10.6 Å². The molecule has 1 heterocycles. The van der Waals surface area contributed by atoms with E-state index >= 15 is 0 Å². The molecule has 0 spiro atoms. The van der Waals surface area contributed by atoms with Gasteiger partial charge in [-0.3, -0.25) is 4.79 Å². The molecule has 1 aromatic heterocycles. The van der Waals surface area contributed by atoms with Crippen LogP contribution in [0.2, 0.25) is 0 Å². The number of hydrogen-bond acceptors (Lipinski definition) is 5. The SMILES string of the molecule is COP(=S)(OC)c1c(C)nn(-c2ccccc2)c1NC(=O)c1ccccc1. The lowest BCUT2D eigenvalue weighted by atomic mass is 10.2. The van der Waals surface area contributed by atoms with Crippen molar-refractivity contribution in [2.24, 2.45) is 0 Å². The summed E-state index contributed by atoms with van der Waals surface area (Å²) in [4.78, 5) is 12.8. The van der Waals surface area contributed by atoms with Gasteiger partial charge in [0, 0.05) is 19.8 Å². The van der Waals surface area contributed by atoms with E-state index in [4.69, 9.17) is 20.9 Å². The first-order valence-electron chi connectivity index (χ1n) is 8.23. The smallest absolute Gasteiger partial charge is 0.256 e. The molecule has 1 N–H and O–H groups in total. The van der Waals surface area contributed by atoms with Gasteiger partial charge in [0.25, 0.3) is 5.91 Å². The largest absolute Gasteiger partial charge is 0.329 e. The molecule has 3 aromatic rings. The molecule has 0 fully saturated rings. The standard InChI is InChI=1S/C19H20N3O3PS/c1-14-17(26(27,24-2)25-3)18(20-19(23)15-10-6-4-7-11-15)22(21-14)16-12-8-5-9-13-16/h4-13H,1-3H3,(H,20,23). The number of anilines is 1. The minimum Gasteiger partial charge on any atom is -0.329 e. The molecule has 0 radical (unpaired) electrons. The first-order valence-corrected chi connectivity index (χ1v) is 10.9. The Kier molecular flexibility index (Phi) is 5.87. The van der Waals surface area contributed by atoms with Gasteiger partial charge < -0.3 is 14.4 Å². The quantitative estimate of drug-likeness (QED) is 0.639. The molecule has 0 saturated heterocycles. The summed E-state index contributed by atoms with van der Waals surface area (Å²) in [5.41, 5.74) is 1.98. The van der Waals surface area contributed by atoms with Crippen LogP contribution in [0, 0.1) is 6.92 Å². The van der Waals surface area contributed by atoms with Crippen molar-refractivity contribution in [1.82, 2.24) is 9.78 Å². The van der Waals surface area contributed by atoms with Crippen molar-refractivity contribution >= 4 is 35.3 Å². The summed E-state index contributed by atoms with van der Waals surface area (Å²) in [7, 11) is 3.01. The average Bonchev–Trinajstić information content (AvgIpc) is 3.05. The van der Waals surface area contributed by atoms with Gasteiger partial charge in [-0.05, 0) is 43.0 Å². The third kappa shape index (κ3) is 3.87. The van der Waals surface area contributed by atoms with Gasteiger partial charge in [0.2, 0.25) is 6.49 Å². The monoisotopic (exact) mass is 401 g/mol. The minimum absolute atomic E-state index is 0.261. The van der Waals surface area contributed by atoms with Crippen molar-refractivity contribution in [3.05, 3.63) is 71.9 Å². The molecule has 0 unspecified atom stereocenters. The molecular weight excluding hydrogens is 381 g/mol. The van der Waals surface area contributed by atoms with Crippen molar-refractivity contribution in [1.29, 1.82) is 0 Å². The number of carbonyl (C=O) groups is 1. The van der Waals surface area contributed by atoms with Crippen LogP contribution in [0.1, 0.15) is 16.1 Å². The molecule has 2 aromatic carbocycles. The summed E-state index contributed by atoms with van der Waals surface area (Å²) < 4.78 is 12.7. The zero-order valence-electron chi connectivity index (χ0n) is 15.2.